The van der Waals surface area contributed by atoms with Gasteiger partial charge in [-0.25, -0.2) is 0 Å². The van der Waals surface area contributed by atoms with E-state index in [1.807, 2.05) is 13.8 Å². The molecule has 2 heteroatoms. The molecule has 2 nitrogen and oxygen atoms in total. The molecule has 0 radical (unpaired) electrons. The van der Waals surface area contributed by atoms with E-state index in [2.05, 4.69) is 6.58 Å². The van der Waals surface area contributed by atoms with Crippen LogP contribution in [0.5, 0.6) is 0 Å². The minimum absolute atomic E-state index is 0.0972. The fraction of sp³-hybridized carbons (Fsp3) is 0.667. The first-order valence-electron chi connectivity index (χ1n) is 2.58. The molecule has 0 aliphatic carbocycles. The number of allylic oxidation sites excluding steroid dienone is 1. The molecule has 0 fully saturated rings. The van der Waals surface area contributed by atoms with Gasteiger partial charge in [-0.3, -0.25) is 0 Å². The van der Waals surface area contributed by atoms with Crippen LogP contribution in [0, 0.1) is 0 Å². The SMILES string of the molecule is C=C(C)C.NCCO. The normalized spacial score (nSPS) is 7.00. The Kier molecular flexibility index (Phi) is 13.0. The average Bonchev–Trinajstić information content (AvgIpc) is 1.65. The first-order chi connectivity index (χ1) is 3.65. The van der Waals surface area contributed by atoms with Crippen molar-refractivity contribution in [3.8, 4) is 0 Å². The summed E-state index contributed by atoms with van der Waals surface area (Å²) in [6.07, 6.45) is 0. The third kappa shape index (κ3) is 282. The summed E-state index contributed by atoms with van der Waals surface area (Å²) in [4.78, 5) is 0. The highest BCUT2D eigenvalue weighted by molar-refractivity contribution is 4.78. The first-order valence-corrected chi connectivity index (χ1v) is 2.58. The van der Waals surface area contributed by atoms with E-state index in [1.165, 1.54) is 5.57 Å². The number of rotatable bonds is 1. The predicted molar refractivity (Wildman–Crippen MR) is 36.6 cm³/mol. The van der Waals surface area contributed by atoms with Gasteiger partial charge in [0.25, 0.3) is 0 Å². The molecule has 50 valence electrons. The van der Waals surface area contributed by atoms with Crippen LogP contribution in [0.1, 0.15) is 13.8 Å². The third-order valence-corrected chi connectivity index (χ3v) is 0.129. The van der Waals surface area contributed by atoms with E-state index in [1.54, 1.807) is 0 Å². The van der Waals surface area contributed by atoms with Crippen LogP contribution in [0.4, 0.5) is 0 Å². The minimum Gasteiger partial charge on any atom is -0.395 e. The summed E-state index contributed by atoms with van der Waals surface area (Å²) in [5, 5.41) is 7.75. The summed E-state index contributed by atoms with van der Waals surface area (Å²) in [7, 11) is 0. The molecule has 0 saturated carbocycles. The van der Waals surface area contributed by atoms with Gasteiger partial charge in [0.2, 0.25) is 0 Å². The second kappa shape index (κ2) is 9.83. The summed E-state index contributed by atoms with van der Waals surface area (Å²) in [6, 6.07) is 0. The number of nitrogens with two attached hydrogens (primary N) is 1. The zero-order valence-corrected chi connectivity index (χ0v) is 5.65. The fourth-order valence-electron chi connectivity index (χ4n) is 0. The van der Waals surface area contributed by atoms with Gasteiger partial charge in [-0.15, -0.1) is 6.58 Å². The van der Waals surface area contributed by atoms with Crippen molar-refractivity contribution in [3.63, 3.8) is 0 Å². The van der Waals surface area contributed by atoms with Crippen LogP contribution >= 0.6 is 0 Å². The van der Waals surface area contributed by atoms with E-state index < -0.39 is 0 Å². The van der Waals surface area contributed by atoms with E-state index in [9.17, 15) is 0 Å². The van der Waals surface area contributed by atoms with Crippen molar-refractivity contribution < 1.29 is 5.11 Å². The zero-order chi connectivity index (χ0) is 6.99. The van der Waals surface area contributed by atoms with Gasteiger partial charge in [-0.1, -0.05) is 5.57 Å². The third-order valence-electron chi connectivity index (χ3n) is 0.129. The molecule has 3 N–H and O–H groups in total. The van der Waals surface area contributed by atoms with Gasteiger partial charge in [0.1, 0.15) is 0 Å². The van der Waals surface area contributed by atoms with Gasteiger partial charge in [0.05, 0.1) is 6.61 Å². The number of aliphatic hydroxyl groups is 1. The van der Waals surface area contributed by atoms with Crippen molar-refractivity contribution in [1.82, 2.24) is 0 Å². The molecule has 0 aromatic carbocycles. The molecule has 0 aromatic rings. The fourth-order valence-corrected chi connectivity index (χ4v) is 0. The Hall–Kier alpha value is -0.340. The van der Waals surface area contributed by atoms with Gasteiger partial charge in [-0.05, 0) is 13.8 Å². The van der Waals surface area contributed by atoms with Crippen LogP contribution < -0.4 is 5.73 Å². The van der Waals surface area contributed by atoms with Gasteiger partial charge >= 0.3 is 0 Å². The van der Waals surface area contributed by atoms with Gasteiger partial charge in [0.15, 0.2) is 0 Å². The highest BCUT2D eigenvalue weighted by Crippen LogP contribution is 1.73. The number of hydrogen-bond acceptors (Lipinski definition) is 2. The topological polar surface area (TPSA) is 46.2 Å². The van der Waals surface area contributed by atoms with E-state index in [0.717, 1.165) is 0 Å². The smallest absolute Gasteiger partial charge is 0.0553 e. The molecule has 0 aromatic heterocycles. The quantitative estimate of drug-likeness (QED) is 0.492. The van der Waals surface area contributed by atoms with Crippen LogP contribution in [-0.2, 0) is 0 Å². The second-order valence-electron chi connectivity index (χ2n) is 1.72. The maximum Gasteiger partial charge on any atom is 0.0553 e. The molecule has 0 saturated heterocycles. The summed E-state index contributed by atoms with van der Waals surface area (Å²) < 4.78 is 0. The van der Waals surface area contributed by atoms with Crippen molar-refractivity contribution in [2.75, 3.05) is 13.2 Å². The van der Waals surface area contributed by atoms with Crippen LogP contribution in [-0.4, -0.2) is 18.3 Å². The van der Waals surface area contributed by atoms with Crippen LogP contribution in [0.2, 0.25) is 0 Å². The lowest BCUT2D eigenvalue weighted by Gasteiger charge is -1.71. The van der Waals surface area contributed by atoms with Gasteiger partial charge in [-0.2, -0.15) is 0 Å². The molecule has 0 spiro atoms. The van der Waals surface area contributed by atoms with Crippen LogP contribution in [0.15, 0.2) is 12.2 Å². The highest BCUT2D eigenvalue weighted by Gasteiger charge is 1.56. The molecule has 0 rings (SSSR count). The molecule has 0 heterocycles. The van der Waals surface area contributed by atoms with Crippen molar-refractivity contribution in [1.29, 1.82) is 0 Å². The average molecular weight is 117 g/mol. The Bertz CT molecular complexity index is 46.5. The molecular weight excluding hydrogens is 102 g/mol. The molecule has 0 amide bonds. The standard InChI is InChI=1S/C4H8.C2H7NO/c1-4(2)3;3-1-2-4/h1H2,2-3H3;4H,1-3H2. The number of hydrogen-bond donors (Lipinski definition) is 2. The van der Waals surface area contributed by atoms with Crippen molar-refractivity contribution in [3.05, 3.63) is 12.2 Å². The molecule has 0 unspecified atom stereocenters. The van der Waals surface area contributed by atoms with Crippen molar-refractivity contribution in [2.24, 2.45) is 5.73 Å². The van der Waals surface area contributed by atoms with Crippen LogP contribution in [0.3, 0.4) is 0 Å². The summed E-state index contributed by atoms with van der Waals surface area (Å²) in [6.45, 7) is 7.97. The van der Waals surface area contributed by atoms with E-state index >= 15 is 0 Å². The maximum absolute atomic E-state index is 7.75. The Morgan fingerprint density at radius 2 is 1.75 bits per heavy atom. The highest BCUT2D eigenvalue weighted by atomic mass is 16.3. The molecule has 0 bridgehead atoms. The molecule has 0 aliphatic rings. The molecular formula is C6H15NO. The largest absolute Gasteiger partial charge is 0.395 e. The van der Waals surface area contributed by atoms with Crippen molar-refractivity contribution in [2.45, 2.75) is 13.8 Å². The maximum atomic E-state index is 7.75. The zero-order valence-electron chi connectivity index (χ0n) is 5.65. The minimum atomic E-state index is 0.0972. The summed E-state index contributed by atoms with van der Waals surface area (Å²) >= 11 is 0. The Morgan fingerprint density at radius 3 is 1.75 bits per heavy atom. The lowest BCUT2D eigenvalue weighted by molar-refractivity contribution is 0.306. The predicted octanol–water partition coefficient (Wildman–Crippen LogP) is 0.520. The summed E-state index contributed by atoms with van der Waals surface area (Å²) in [5.74, 6) is 0. The first kappa shape index (κ1) is 10.6. The Labute approximate surface area is 51.0 Å². The van der Waals surface area contributed by atoms with Gasteiger partial charge in [0, 0.05) is 6.54 Å². The lowest BCUT2D eigenvalue weighted by Crippen LogP contribution is -2.02. The summed E-state index contributed by atoms with van der Waals surface area (Å²) in [5.41, 5.74) is 5.94. The molecule has 0 aliphatic heterocycles. The van der Waals surface area contributed by atoms with Crippen LogP contribution in [0.25, 0.3) is 0 Å². The molecule has 8 heavy (non-hydrogen) atoms. The second-order valence-corrected chi connectivity index (χ2v) is 1.72. The lowest BCUT2D eigenvalue weighted by atomic mass is 10.4. The number of aliphatic hydroxyl groups excluding tert-OH is 1. The van der Waals surface area contributed by atoms with Gasteiger partial charge < -0.3 is 10.8 Å². The van der Waals surface area contributed by atoms with Crippen molar-refractivity contribution >= 4 is 0 Å². The molecule has 0 atom stereocenters. The monoisotopic (exact) mass is 117 g/mol. The van der Waals surface area contributed by atoms with E-state index in [-0.39, 0.29) is 6.61 Å². The Balaban J connectivity index is 0. The van der Waals surface area contributed by atoms with E-state index in [4.69, 9.17) is 10.8 Å². The Morgan fingerprint density at radius 1 is 1.62 bits per heavy atom. The van der Waals surface area contributed by atoms with E-state index in [0.29, 0.717) is 6.54 Å².